The van der Waals surface area contributed by atoms with Crippen LogP contribution in [0.2, 0.25) is 0 Å². The van der Waals surface area contributed by atoms with E-state index in [2.05, 4.69) is 10.3 Å². The summed E-state index contributed by atoms with van der Waals surface area (Å²) in [5, 5.41) is 2.90. The van der Waals surface area contributed by atoms with E-state index in [4.69, 9.17) is 5.73 Å². The molecule has 1 heterocycles. The number of rotatable bonds is 8. The number of nitrogens with two attached hydrogens (primary N) is 1. The number of nitrogens with one attached hydrogen (secondary N) is 1. The molecular formula is C18H29N5O3S. The highest BCUT2D eigenvalue weighted by Crippen LogP contribution is 2.22. The molecule has 1 aromatic heterocycles. The minimum absolute atomic E-state index is 0.0870. The fourth-order valence-electron chi connectivity index (χ4n) is 2.79. The van der Waals surface area contributed by atoms with Crippen LogP contribution in [-0.2, 0) is 27.8 Å². The molecule has 0 aliphatic rings. The Bertz CT molecular complexity index is 932. The number of sulfonamides is 1. The van der Waals surface area contributed by atoms with E-state index in [1.165, 1.54) is 18.4 Å². The number of carbonyl (C=O) groups is 1. The summed E-state index contributed by atoms with van der Waals surface area (Å²) in [6.45, 7) is 6.78. The third-order valence-electron chi connectivity index (χ3n) is 4.46. The molecule has 2 rings (SSSR count). The molecule has 0 bridgehead atoms. The predicted octanol–water partition coefficient (Wildman–Crippen LogP) is 1.09. The molecule has 0 spiro atoms. The van der Waals surface area contributed by atoms with Crippen molar-refractivity contribution in [3.63, 3.8) is 0 Å². The van der Waals surface area contributed by atoms with Gasteiger partial charge in [-0.05, 0) is 39.0 Å². The van der Waals surface area contributed by atoms with Crippen LogP contribution < -0.4 is 11.1 Å². The van der Waals surface area contributed by atoms with Crippen LogP contribution in [0.3, 0.4) is 0 Å². The smallest absolute Gasteiger partial charge is 0.242 e. The second-order valence-electron chi connectivity index (χ2n) is 7.35. The van der Waals surface area contributed by atoms with Gasteiger partial charge in [0.05, 0.1) is 15.9 Å². The van der Waals surface area contributed by atoms with E-state index in [1.807, 2.05) is 25.3 Å². The van der Waals surface area contributed by atoms with Crippen LogP contribution in [0.25, 0.3) is 11.0 Å². The Balaban J connectivity index is 2.29. The highest BCUT2D eigenvalue weighted by Gasteiger charge is 2.21. The van der Waals surface area contributed by atoms with Gasteiger partial charge >= 0.3 is 0 Å². The highest BCUT2D eigenvalue weighted by atomic mass is 32.2. The molecule has 2 aromatic rings. The highest BCUT2D eigenvalue weighted by molar-refractivity contribution is 7.89. The van der Waals surface area contributed by atoms with Crippen molar-refractivity contribution in [1.82, 2.24) is 19.2 Å². The molecule has 0 atom stereocenters. The van der Waals surface area contributed by atoms with E-state index in [0.717, 1.165) is 11.3 Å². The van der Waals surface area contributed by atoms with Crippen LogP contribution in [0.4, 0.5) is 0 Å². The van der Waals surface area contributed by atoms with Gasteiger partial charge < -0.3 is 15.6 Å². The van der Waals surface area contributed by atoms with Crippen LogP contribution in [0.15, 0.2) is 23.1 Å². The summed E-state index contributed by atoms with van der Waals surface area (Å²) in [5.41, 5.74) is 6.66. The van der Waals surface area contributed by atoms with Gasteiger partial charge in [-0.2, -0.15) is 0 Å². The number of carbonyl (C=O) groups excluding carboxylic acids is 1. The average molecular weight is 396 g/mol. The van der Waals surface area contributed by atoms with Gasteiger partial charge in [0, 0.05) is 45.6 Å². The largest absolute Gasteiger partial charge is 0.350 e. The van der Waals surface area contributed by atoms with E-state index in [9.17, 15) is 13.2 Å². The van der Waals surface area contributed by atoms with Gasteiger partial charge in [-0.3, -0.25) is 4.79 Å². The summed E-state index contributed by atoms with van der Waals surface area (Å²) in [6.07, 6.45) is 0.750. The standard InChI is InChI=1S/C18H29N5O3S/c1-6-23-15-8-7-13(27(25,26)22(4)5)11-14(15)20-16(23)9-10-17(24)21-18(2,3)12-19/h7-8,11H,6,9-10,12,19H2,1-5H3,(H,21,24). The van der Waals surface area contributed by atoms with E-state index in [1.54, 1.807) is 18.2 Å². The average Bonchev–Trinajstić information content (AvgIpc) is 2.96. The summed E-state index contributed by atoms with van der Waals surface area (Å²) in [4.78, 5) is 17.0. The van der Waals surface area contributed by atoms with Crippen molar-refractivity contribution < 1.29 is 13.2 Å². The fraction of sp³-hybridized carbons (Fsp3) is 0.556. The molecule has 0 saturated carbocycles. The number of hydrogen-bond acceptors (Lipinski definition) is 5. The number of aromatic nitrogens is 2. The van der Waals surface area contributed by atoms with Crippen LogP contribution in [0.5, 0.6) is 0 Å². The molecule has 0 unspecified atom stereocenters. The van der Waals surface area contributed by atoms with Gasteiger partial charge in [-0.15, -0.1) is 0 Å². The maximum absolute atomic E-state index is 12.3. The van der Waals surface area contributed by atoms with Crippen LogP contribution in [0.1, 0.15) is 33.0 Å². The van der Waals surface area contributed by atoms with Crippen molar-refractivity contribution >= 4 is 27.0 Å². The molecule has 0 fully saturated rings. The van der Waals surface area contributed by atoms with E-state index in [-0.39, 0.29) is 17.2 Å². The summed E-state index contributed by atoms with van der Waals surface area (Å²) in [7, 11) is -0.525. The lowest BCUT2D eigenvalue weighted by Crippen LogP contribution is -2.48. The first-order valence-electron chi connectivity index (χ1n) is 8.94. The zero-order valence-corrected chi connectivity index (χ0v) is 17.4. The lowest BCUT2D eigenvalue weighted by Gasteiger charge is -2.24. The Morgan fingerprint density at radius 1 is 1.33 bits per heavy atom. The third-order valence-corrected chi connectivity index (χ3v) is 6.27. The maximum atomic E-state index is 12.3. The summed E-state index contributed by atoms with van der Waals surface area (Å²) < 4.78 is 27.9. The number of hydrogen-bond donors (Lipinski definition) is 2. The summed E-state index contributed by atoms with van der Waals surface area (Å²) in [5.74, 6) is 0.670. The molecule has 0 aliphatic carbocycles. The Morgan fingerprint density at radius 2 is 2.00 bits per heavy atom. The first kappa shape index (κ1) is 21.3. The number of imidazole rings is 1. The summed E-state index contributed by atoms with van der Waals surface area (Å²) in [6, 6.07) is 4.94. The fourth-order valence-corrected chi connectivity index (χ4v) is 3.71. The number of amides is 1. The Labute approximate surface area is 160 Å². The SMILES string of the molecule is CCn1c(CCC(=O)NC(C)(C)CN)nc2cc(S(=O)(=O)N(C)C)ccc21. The zero-order chi connectivity index (χ0) is 20.4. The maximum Gasteiger partial charge on any atom is 0.242 e. The topological polar surface area (TPSA) is 110 Å². The third kappa shape index (κ3) is 4.66. The van der Waals surface area contributed by atoms with Gasteiger partial charge in [0.1, 0.15) is 5.82 Å². The van der Waals surface area contributed by atoms with Gasteiger partial charge in [-0.25, -0.2) is 17.7 Å². The van der Waals surface area contributed by atoms with Crippen molar-refractivity contribution in [2.45, 2.75) is 50.6 Å². The molecule has 0 aliphatic heterocycles. The molecule has 27 heavy (non-hydrogen) atoms. The number of benzene rings is 1. The van der Waals surface area contributed by atoms with Crippen molar-refractivity contribution in [2.75, 3.05) is 20.6 Å². The zero-order valence-electron chi connectivity index (χ0n) is 16.6. The van der Waals surface area contributed by atoms with E-state index >= 15 is 0 Å². The molecule has 1 amide bonds. The second-order valence-corrected chi connectivity index (χ2v) is 9.50. The minimum atomic E-state index is -3.52. The Kier molecular flexibility index (Phi) is 6.28. The molecule has 0 saturated heterocycles. The van der Waals surface area contributed by atoms with Crippen molar-refractivity contribution in [3.8, 4) is 0 Å². The minimum Gasteiger partial charge on any atom is -0.350 e. The van der Waals surface area contributed by atoms with Gasteiger partial charge in [0.25, 0.3) is 0 Å². The molecular weight excluding hydrogens is 366 g/mol. The molecule has 3 N–H and O–H groups in total. The van der Waals surface area contributed by atoms with Crippen molar-refractivity contribution in [1.29, 1.82) is 0 Å². The Hall–Kier alpha value is -1.97. The molecule has 150 valence electrons. The molecule has 1 aromatic carbocycles. The van der Waals surface area contributed by atoms with E-state index < -0.39 is 15.6 Å². The lowest BCUT2D eigenvalue weighted by atomic mass is 10.1. The Morgan fingerprint density at radius 3 is 2.56 bits per heavy atom. The quantitative estimate of drug-likeness (QED) is 0.695. The second kappa shape index (κ2) is 7.95. The van der Waals surface area contributed by atoms with Gasteiger partial charge in [-0.1, -0.05) is 0 Å². The van der Waals surface area contributed by atoms with Crippen LogP contribution >= 0.6 is 0 Å². The lowest BCUT2D eigenvalue weighted by molar-refractivity contribution is -0.122. The van der Waals surface area contributed by atoms with Crippen molar-refractivity contribution in [2.24, 2.45) is 5.73 Å². The van der Waals surface area contributed by atoms with Gasteiger partial charge in [0.15, 0.2) is 0 Å². The monoisotopic (exact) mass is 395 g/mol. The van der Waals surface area contributed by atoms with Crippen molar-refractivity contribution in [3.05, 3.63) is 24.0 Å². The van der Waals surface area contributed by atoms with Crippen LogP contribution in [-0.4, -0.2) is 54.4 Å². The molecule has 9 heteroatoms. The van der Waals surface area contributed by atoms with Gasteiger partial charge in [0.2, 0.25) is 15.9 Å². The number of aryl methyl sites for hydroxylation is 2. The number of nitrogens with zero attached hydrogens (tertiary/aromatic N) is 3. The van der Waals surface area contributed by atoms with E-state index in [0.29, 0.717) is 25.0 Å². The first-order chi connectivity index (χ1) is 12.5. The molecule has 0 radical (unpaired) electrons. The normalized spacial score (nSPS) is 12.7. The predicted molar refractivity (Wildman–Crippen MR) is 106 cm³/mol. The molecule has 8 nitrogen and oxygen atoms in total. The summed E-state index contributed by atoms with van der Waals surface area (Å²) >= 11 is 0. The first-order valence-corrected chi connectivity index (χ1v) is 10.4. The van der Waals surface area contributed by atoms with Crippen LogP contribution in [0, 0.1) is 0 Å². The number of fused-ring (bicyclic) bond motifs is 1.